The molecule has 0 amide bonds. The molecule has 6 heteroatoms. The average Bonchev–Trinajstić information content (AvgIpc) is 2.45. The summed E-state index contributed by atoms with van der Waals surface area (Å²) in [6.45, 7) is 2.63. The number of rotatable bonds is 5. The van der Waals surface area contributed by atoms with Crippen molar-refractivity contribution in [2.24, 2.45) is 5.84 Å². The van der Waals surface area contributed by atoms with Gasteiger partial charge in [0.2, 0.25) is 0 Å². The predicted molar refractivity (Wildman–Crippen MR) is 78.0 cm³/mol. The second-order valence-electron chi connectivity index (χ2n) is 3.99. The lowest BCUT2D eigenvalue weighted by atomic mass is 10.2. The van der Waals surface area contributed by atoms with Crippen molar-refractivity contribution in [2.45, 2.75) is 19.9 Å². The van der Waals surface area contributed by atoms with Gasteiger partial charge in [-0.05, 0) is 18.1 Å². The Morgan fingerprint density at radius 3 is 2.63 bits per heavy atom. The van der Waals surface area contributed by atoms with Crippen molar-refractivity contribution >= 4 is 23.2 Å². The minimum Gasteiger partial charge on any atom is -0.366 e. The molecule has 0 aliphatic rings. The van der Waals surface area contributed by atoms with Crippen LogP contribution in [0.5, 0.6) is 0 Å². The van der Waals surface area contributed by atoms with Gasteiger partial charge in [0.15, 0.2) is 0 Å². The first-order valence-electron chi connectivity index (χ1n) is 6.04. The first-order chi connectivity index (χ1) is 9.26. The zero-order valence-corrected chi connectivity index (χ0v) is 11.4. The van der Waals surface area contributed by atoms with Gasteiger partial charge in [-0.25, -0.2) is 15.8 Å². The van der Waals surface area contributed by atoms with E-state index < -0.39 is 0 Å². The molecule has 0 atom stereocenters. The van der Waals surface area contributed by atoms with E-state index in [4.69, 9.17) is 17.4 Å². The molecule has 2 rings (SSSR count). The molecule has 100 valence electrons. The third-order valence-electron chi connectivity index (χ3n) is 2.84. The maximum atomic E-state index is 6.12. The van der Waals surface area contributed by atoms with Crippen LogP contribution in [0.25, 0.3) is 0 Å². The summed E-state index contributed by atoms with van der Waals surface area (Å²) >= 11 is 6.12. The fourth-order valence-corrected chi connectivity index (χ4v) is 2.05. The zero-order chi connectivity index (χ0) is 13.7. The highest BCUT2D eigenvalue weighted by Gasteiger charge is 2.09. The van der Waals surface area contributed by atoms with Gasteiger partial charge in [0.25, 0.3) is 0 Å². The molecule has 0 fully saturated rings. The lowest BCUT2D eigenvalue weighted by Crippen LogP contribution is -2.14. The summed E-state index contributed by atoms with van der Waals surface area (Å²) in [7, 11) is 0. The molecule has 1 aromatic heterocycles. The Kier molecular flexibility index (Phi) is 4.54. The molecule has 19 heavy (non-hydrogen) atoms. The molecule has 0 bridgehead atoms. The van der Waals surface area contributed by atoms with Gasteiger partial charge in [-0.3, -0.25) is 0 Å². The number of nitrogens with two attached hydrogens (primary N) is 1. The first kappa shape index (κ1) is 13.6. The second-order valence-corrected chi connectivity index (χ2v) is 4.40. The molecule has 1 heterocycles. The topological polar surface area (TPSA) is 75.9 Å². The maximum Gasteiger partial charge on any atom is 0.148 e. The van der Waals surface area contributed by atoms with Crippen molar-refractivity contribution in [1.29, 1.82) is 0 Å². The fourth-order valence-electron chi connectivity index (χ4n) is 1.84. The Hall–Kier alpha value is -1.85. The van der Waals surface area contributed by atoms with Crippen LogP contribution in [0.15, 0.2) is 30.6 Å². The van der Waals surface area contributed by atoms with Gasteiger partial charge < -0.3 is 10.7 Å². The van der Waals surface area contributed by atoms with Crippen molar-refractivity contribution in [3.05, 3.63) is 46.7 Å². The summed E-state index contributed by atoms with van der Waals surface area (Å²) < 4.78 is 0. The SMILES string of the molecule is CCc1c(NN)ncnc1NCc1ccccc1Cl. The number of benzene rings is 1. The van der Waals surface area contributed by atoms with Crippen molar-refractivity contribution in [1.82, 2.24) is 9.97 Å². The quantitative estimate of drug-likeness (QED) is 0.578. The van der Waals surface area contributed by atoms with Gasteiger partial charge in [0.1, 0.15) is 18.0 Å². The van der Waals surface area contributed by atoms with Crippen molar-refractivity contribution in [2.75, 3.05) is 10.7 Å². The number of hydrogen-bond acceptors (Lipinski definition) is 5. The van der Waals surface area contributed by atoms with Crippen LogP contribution in [-0.2, 0) is 13.0 Å². The normalized spacial score (nSPS) is 10.3. The molecule has 4 N–H and O–H groups in total. The van der Waals surface area contributed by atoms with Crippen LogP contribution in [0.1, 0.15) is 18.1 Å². The van der Waals surface area contributed by atoms with E-state index >= 15 is 0 Å². The van der Waals surface area contributed by atoms with Crippen LogP contribution in [0.4, 0.5) is 11.6 Å². The standard InChI is InChI=1S/C13H16ClN5/c1-2-10-12(17-8-18-13(10)19-15)16-7-9-5-3-4-6-11(9)14/h3-6,8H,2,7,15H2,1H3,(H2,16,17,18,19). The van der Waals surface area contributed by atoms with Crippen LogP contribution >= 0.6 is 11.6 Å². The van der Waals surface area contributed by atoms with E-state index in [2.05, 4.69) is 20.7 Å². The molecule has 0 saturated heterocycles. The molecule has 0 aliphatic carbocycles. The van der Waals surface area contributed by atoms with E-state index in [9.17, 15) is 0 Å². The second kappa shape index (κ2) is 6.36. The van der Waals surface area contributed by atoms with Crippen LogP contribution < -0.4 is 16.6 Å². The number of nitrogens with zero attached hydrogens (tertiary/aromatic N) is 2. The minimum absolute atomic E-state index is 0.605. The fraction of sp³-hybridized carbons (Fsp3) is 0.231. The van der Waals surface area contributed by atoms with Gasteiger partial charge >= 0.3 is 0 Å². The van der Waals surface area contributed by atoms with Crippen molar-refractivity contribution in [3.8, 4) is 0 Å². The summed E-state index contributed by atoms with van der Waals surface area (Å²) in [5.41, 5.74) is 4.56. The molecular formula is C13H16ClN5. The third-order valence-corrected chi connectivity index (χ3v) is 3.21. The highest BCUT2D eigenvalue weighted by Crippen LogP contribution is 2.21. The van der Waals surface area contributed by atoms with Gasteiger partial charge in [0.05, 0.1) is 0 Å². The van der Waals surface area contributed by atoms with Crippen LogP contribution in [0.2, 0.25) is 5.02 Å². The van der Waals surface area contributed by atoms with E-state index in [0.29, 0.717) is 12.4 Å². The highest BCUT2D eigenvalue weighted by atomic mass is 35.5. The molecule has 0 unspecified atom stereocenters. The number of nitrogen functional groups attached to an aromatic ring is 1. The molecular weight excluding hydrogens is 262 g/mol. The molecule has 0 aliphatic heterocycles. The van der Waals surface area contributed by atoms with Crippen LogP contribution in [0.3, 0.4) is 0 Å². The Labute approximate surface area is 117 Å². The summed E-state index contributed by atoms with van der Waals surface area (Å²) in [4.78, 5) is 8.33. The first-order valence-corrected chi connectivity index (χ1v) is 6.41. The summed E-state index contributed by atoms with van der Waals surface area (Å²) in [6.07, 6.45) is 2.26. The van der Waals surface area contributed by atoms with Gasteiger partial charge in [-0.1, -0.05) is 36.7 Å². The van der Waals surface area contributed by atoms with Crippen molar-refractivity contribution in [3.63, 3.8) is 0 Å². The van der Waals surface area contributed by atoms with Crippen LogP contribution in [0, 0.1) is 0 Å². The van der Waals surface area contributed by atoms with Crippen LogP contribution in [-0.4, -0.2) is 9.97 Å². The third kappa shape index (κ3) is 3.13. The van der Waals surface area contributed by atoms with E-state index in [-0.39, 0.29) is 0 Å². The number of halogens is 1. The number of hydrazine groups is 1. The Bertz CT molecular complexity index is 558. The smallest absolute Gasteiger partial charge is 0.148 e. The minimum atomic E-state index is 0.605. The zero-order valence-electron chi connectivity index (χ0n) is 10.7. The predicted octanol–water partition coefficient (Wildman–Crippen LogP) is 2.59. The lowest BCUT2D eigenvalue weighted by molar-refractivity contribution is 1.01. The molecule has 2 aromatic rings. The molecule has 0 radical (unpaired) electrons. The highest BCUT2D eigenvalue weighted by molar-refractivity contribution is 6.31. The van der Waals surface area contributed by atoms with Gasteiger partial charge in [-0.15, -0.1) is 0 Å². The molecule has 5 nitrogen and oxygen atoms in total. The monoisotopic (exact) mass is 277 g/mol. The number of aromatic nitrogens is 2. The molecule has 0 spiro atoms. The maximum absolute atomic E-state index is 6.12. The van der Waals surface area contributed by atoms with Crippen molar-refractivity contribution < 1.29 is 0 Å². The van der Waals surface area contributed by atoms with E-state index in [1.165, 1.54) is 6.33 Å². The number of hydrogen-bond donors (Lipinski definition) is 3. The average molecular weight is 278 g/mol. The number of anilines is 2. The molecule has 1 aromatic carbocycles. The Morgan fingerprint density at radius 1 is 1.21 bits per heavy atom. The number of nitrogens with one attached hydrogen (secondary N) is 2. The lowest BCUT2D eigenvalue weighted by Gasteiger charge is -2.13. The summed E-state index contributed by atoms with van der Waals surface area (Å²) in [6, 6.07) is 7.71. The van der Waals surface area contributed by atoms with Gasteiger partial charge in [-0.2, -0.15) is 0 Å². The Morgan fingerprint density at radius 2 is 1.95 bits per heavy atom. The van der Waals surface area contributed by atoms with E-state index in [1.54, 1.807) is 0 Å². The summed E-state index contributed by atoms with van der Waals surface area (Å²) in [5.74, 6) is 6.84. The van der Waals surface area contributed by atoms with E-state index in [0.717, 1.165) is 28.4 Å². The largest absolute Gasteiger partial charge is 0.366 e. The molecule has 0 saturated carbocycles. The van der Waals surface area contributed by atoms with Gasteiger partial charge in [0, 0.05) is 17.1 Å². The summed E-state index contributed by atoms with van der Waals surface area (Å²) in [5, 5.41) is 4.00. The van der Waals surface area contributed by atoms with E-state index in [1.807, 2.05) is 31.2 Å². The Balaban J connectivity index is 2.18.